The zero-order valence-corrected chi connectivity index (χ0v) is 12.8. The predicted octanol–water partition coefficient (Wildman–Crippen LogP) is 1.67. The first-order valence-corrected chi connectivity index (χ1v) is 7.68. The van der Waals surface area contributed by atoms with Gasteiger partial charge < -0.3 is 9.64 Å². The normalized spacial score (nSPS) is 21.2. The first-order chi connectivity index (χ1) is 9.83. The van der Waals surface area contributed by atoms with Crippen LogP contribution in [0.15, 0.2) is 24.4 Å². The summed E-state index contributed by atoms with van der Waals surface area (Å²) >= 11 is 0. The minimum atomic E-state index is 0.669. The summed E-state index contributed by atoms with van der Waals surface area (Å²) in [5.74, 6) is 0. The van der Waals surface area contributed by atoms with Crippen molar-refractivity contribution in [1.29, 1.82) is 0 Å². The first-order valence-electron chi connectivity index (χ1n) is 7.68. The maximum Gasteiger partial charge on any atom is 0.0589 e. The third kappa shape index (κ3) is 4.54. The Hall–Kier alpha value is -0.970. The maximum atomic E-state index is 5.21. The average Bonchev–Trinajstić information content (AvgIpc) is 2.52. The SMILES string of the molecule is CC[C@@H]1CN(CCc2ccccn2)CCN1CCOC. The summed E-state index contributed by atoms with van der Waals surface area (Å²) < 4.78 is 5.21. The topological polar surface area (TPSA) is 28.6 Å². The molecule has 0 amide bonds. The summed E-state index contributed by atoms with van der Waals surface area (Å²) in [6, 6.07) is 6.83. The molecule has 1 aliphatic heterocycles. The smallest absolute Gasteiger partial charge is 0.0589 e. The van der Waals surface area contributed by atoms with Crippen LogP contribution in [0, 0.1) is 0 Å². The van der Waals surface area contributed by atoms with Crippen LogP contribution in [0.5, 0.6) is 0 Å². The molecule has 1 saturated heterocycles. The molecule has 1 aromatic rings. The van der Waals surface area contributed by atoms with E-state index < -0.39 is 0 Å². The molecule has 0 N–H and O–H groups in total. The van der Waals surface area contributed by atoms with E-state index in [1.54, 1.807) is 7.11 Å². The molecule has 1 aromatic heterocycles. The third-order valence-corrected chi connectivity index (χ3v) is 4.15. The molecule has 1 aliphatic rings. The lowest BCUT2D eigenvalue weighted by Gasteiger charge is -2.41. The lowest BCUT2D eigenvalue weighted by Crippen LogP contribution is -2.53. The van der Waals surface area contributed by atoms with Gasteiger partial charge in [0.25, 0.3) is 0 Å². The second-order valence-corrected chi connectivity index (χ2v) is 5.46. The van der Waals surface area contributed by atoms with Crippen molar-refractivity contribution in [2.45, 2.75) is 25.8 Å². The first kappa shape index (κ1) is 15.4. The number of ether oxygens (including phenoxy) is 1. The van der Waals surface area contributed by atoms with Crippen molar-refractivity contribution in [3.05, 3.63) is 30.1 Å². The van der Waals surface area contributed by atoms with Crippen LogP contribution in [0.1, 0.15) is 19.0 Å². The lowest BCUT2D eigenvalue weighted by molar-refractivity contribution is 0.0502. The van der Waals surface area contributed by atoms with Crippen molar-refractivity contribution in [3.63, 3.8) is 0 Å². The van der Waals surface area contributed by atoms with Crippen LogP contribution in [-0.4, -0.2) is 67.3 Å². The van der Waals surface area contributed by atoms with E-state index in [1.807, 2.05) is 12.3 Å². The molecule has 0 bridgehead atoms. The minimum Gasteiger partial charge on any atom is -0.383 e. The van der Waals surface area contributed by atoms with Crippen molar-refractivity contribution in [1.82, 2.24) is 14.8 Å². The molecule has 0 aliphatic carbocycles. The van der Waals surface area contributed by atoms with Crippen LogP contribution in [-0.2, 0) is 11.2 Å². The molecule has 4 heteroatoms. The summed E-state index contributed by atoms with van der Waals surface area (Å²) in [6.45, 7) is 8.79. The predicted molar refractivity (Wildman–Crippen MR) is 81.9 cm³/mol. The van der Waals surface area contributed by atoms with Gasteiger partial charge >= 0.3 is 0 Å². The largest absolute Gasteiger partial charge is 0.383 e. The number of aromatic nitrogens is 1. The Bertz CT molecular complexity index is 371. The van der Waals surface area contributed by atoms with Gasteiger partial charge in [0.1, 0.15) is 0 Å². The van der Waals surface area contributed by atoms with Crippen molar-refractivity contribution in [3.8, 4) is 0 Å². The van der Waals surface area contributed by atoms with E-state index in [1.165, 1.54) is 18.7 Å². The van der Waals surface area contributed by atoms with E-state index in [-0.39, 0.29) is 0 Å². The van der Waals surface area contributed by atoms with Gasteiger partial charge in [-0.2, -0.15) is 0 Å². The van der Waals surface area contributed by atoms with Crippen LogP contribution in [0.3, 0.4) is 0 Å². The maximum absolute atomic E-state index is 5.21. The fourth-order valence-corrected chi connectivity index (χ4v) is 2.87. The fourth-order valence-electron chi connectivity index (χ4n) is 2.87. The highest BCUT2D eigenvalue weighted by Crippen LogP contribution is 2.13. The molecule has 0 unspecified atom stereocenters. The van der Waals surface area contributed by atoms with Gasteiger partial charge in [-0.25, -0.2) is 0 Å². The van der Waals surface area contributed by atoms with Gasteiger partial charge in [-0.3, -0.25) is 9.88 Å². The quantitative estimate of drug-likeness (QED) is 0.758. The van der Waals surface area contributed by atoms with Gasteiger partial charge in [-0.05, 0) is 18.6 Å². The second-order valence-electron chi connectivity index (χ2n) is 5.46. The summed E-state index contributed by atoms with van der Waals surface area (Å²) in [5, 5.41) is 0. The van der Waals surface area contributed by atoms with E-state index in [9.17, 15) is 0 Å². The zero-order valence-electron chi connectivity index (χ0n) is 12.8. The van der Waals surface area contributed by atoms with E-state index in [0.29, 0.717) is 6.04 Å². The van der Waals surface area contributed by atoms with Crippen molar-refractivity contribution < 1.29 is 4.74 Å². The Balaban J connectivity index is 1.78. The van der Waals surface area contributed by atoms with Crippen molar-refractivity contribution >= 4 is 0 Å². The number of rotatable bonds is 7. The molecular formula is C16H27N3O. The summed E-state index contributed by atoms with van der Waals surface area (Å²) in [6.07, 6.45) is 4.14. The molecule has 112 valence electrons. The van der Waals surface area contributed by atoms with E-state index in [4.69, 9.17) is 4.74 Å². The summed E-state index contributed by atoms with van der Waals surface area (Å²) in [5.41, 5.74) is 1.20. The molecule has 0 radical (unpaired) electrons. The van der Waals surface area contributed by atoms with Crippen molar-refractivity contribution in [2.24, 2.45) is 0 Å². The lowest BCUT2D eigenvalue weighted by atomic mass is 10.1. The molecule has 1 atom stereocenters. The van der Waals surface area contributed by atoms with E-state index in [2.05, 4.69) is 33.8 Å². The Labute approximate surface area is 122 Å². The molecule has 0 saturated carbocycles. The third-order valence-electron chi connectivity index (χ3n) is 4.15. The molecule has 4 nitrogen and oxygen atoms in total. The summed E-state index contributed by atoms with van der Waals surface area (Å²) in [4.78, 5) is 9.55. The van der Waals surface area contributed by atoms with Gasteiger partial charge in [0.2, 0.25) is 0 Å². The average molecular weight is 277 g/mol. The molecular weight excluding hydrogens is 250 g/mol. The number of methoxy groups -OCH3 is 1. The molecule has 20 heavy (non-hydrogen) atoms. The highest BCUT2D eigenvalue weighted by Gasteiger charge is 2.24. The highest BCUT2D eigenvalue weighted by molar-refractivity contribution is 5.03. The van der Waals surface area contributed by atoms with Crippen LogP contribution < -0.4 is 0 Å². The van der Waals surface area contributed by atoms with Gasteiger partial charge in [0.05, 0.1) is 6.61 Å². The van der Waals surface area contributed by atoms with Crippen LogP contribution in [0.25, 0.3) is 0 Å². The highest BCUT2D eigenvalue weighted by atomic mass is 16.5. The number of pyridine rings is 1. The Morgan fingerprint density at radius 2 is 2.20 bits per heavy atom. The number of hydrogen-bond donors (Lipinski definition) is 0. The molecule has 2 rings (SSSR count). The van der Waals surface area contributed by atoms with Crippen LogP contribution >= 0.6 is 0 Å². The van der Waals surface area contributed by atoms with Gasteiger partial charge in [0.15, 0.2) is 0 Å². The zero-order chi connectivity index (χ0) is 14.2. The molecule has 0 aromatic carbocycles. The standard InChI is InChI=1S/C16H27N3O/c1-3-16-14-18(10-11-19(16)12-13-20-2)9-7-15-6-4-5-8-17-15/h4-6,8,16H,3,7,9-14H2,1-2H3/t16-/m1/s1. The Morgan fingerprint density at radius 3 is 2.90 bits per heavy atom. The Morgan fingerprint density at radius 1 is 1.30 bits per heavy atom. The monoisotopic (exact) mass is 277 g/mol. The number of nitrogens with zero attached hydrogens (tertiary/aromatic N) is 3. The van der Waals surface area contributed by atoms with Gasteiger partial charge in [-0.15, -0.1) is 0 Å². The molecule has 2 heterocycles. The Kier molecular flexibility index (Phi) is 6.43. The second kappa shape index (κ2) is 8.35. The molecule has 0 spiro atoms. The van der Waals surface area contributed by atoms with E-state index in [0.717, 1.165) is 39.2 Å². The minimum absolute atomic E-state index is 0.669. The number of hydrogen-bond acceptors (Lipinski definition) is 4. The summed E-state index contributed by atoms with van der Waals surface area (Å²) in [7, 11) is 1.78. The van der Waals surface area contributed by atoms with Crippen LogP contribution in [0.4, 0.5) is 0 Å². The van der Waals surface area contributed by atoms with Crippen LogP contribution in [0.2, 0.25) is 0 Å². The fraction of sp³-hybridized carbons (Fsp3) is 0.688. The van der Waals surface area contributed by atoms with Gasteiger partial charge in [-0.1, -0.05) is 13.0 Å². The molecule has 1 fully saturated rings. The van der Waals surface area contributed by atoms with E-state index >= 15 is 0 Å². The van der Waals surface area contributed by atoms with Crippen molar-refractivity contribution in [2.75, 3.05) is 46.4 Å². The number of piperazine rings is 1. The van der Waals surface area contributed by atoms with Gasteiger partial charge in [0, 0.05) is 64.2 Å².